The molecule has 4 aromatic rings. The summed E-state index contributed by atoms with van der Waals surface area (Å²) in [6.07, 6.45) is 0. The predicted molar refractivity (Wildman–Crippen MR) is 93.9 cm³/mol. The van der Waals surface area contributed by atoms with E-state index < -0.39 is 0 Å². The van der Waals surface area contributed by atoms with E-state index in [4.69, 9.17) is 4.42 Å². The molecular weight excluding hydrogens is 320 g/mol. The van der Waals surface area contributed by atoms with E-state index in [2.05, 4.69) is 15.1 Å². The number of furan rings is 1. The van der Waals surface area contributed by atoms with Gasteiger partial charge in [0.05, 0.1) is 12.2 Å². The van der Waals surface area contributed by atoms with Crippen molar-refractivity contribution in [1.82, 2.24) is 19.7 Å². The Morgan fingerprint density at radius 1 is 1.04 bits per heavy atom. The standard InChI is InChI=1S/C18H16N4OS/c1-12-8-9-16(23-12)18-20-15(11-24-18)10-22-17(19-13(2)21-22)14-6-4-3-5-7-14/h3-9,11H,10H2,1-2H3. The third-order valence-electron chi connectivity index (χ3n) is 3.62. The molecular formula is C18H16N4OS. The first kappa shape index (κ1) is 14.8. The van der Waals surface area contributed by atoms with Gasteiger partial charge in [-0.25, -0.2) is 14.6 Å². The van der Waals surface area contributed by atoms with Gasteiger partial charge in [0, 0.05) is 10.9 Å². The topological polar surface area (TPSA) is 56.7 Å². The third kappa shape index (κ3) is 2.88. The first-order valence-electron chi connectivity index (χ1n) is 7.67. The lowest BCUT2D eigenvalue weighted by molar-refractivity contribution is 0.547. The van der Waals surface area contributed by atoms with Gasteiger partial charge in [-0.05, 0) is 26.0 Å². The highest BCUT2D eigenvalue weighted by molar-refractivity contribution is 7.13. The molecule has 4 rings (SSSR count). The van der Waals surface area contributed by atoms with E-state index in [-0.39, 0.29) is 0 Å². The molecule has 0 unspecified atom stereocenters. The van der Waals surface area contributed by atoms with Crippen LogP contribution in [0.4, 0.5) is 0 Å². The number of nitrogens with zero attached hydrogens (tertiary/aromatic N) is 4. The Morgan fingerprint density at radius 2 is 1.88 bits per heavy atom. The van der Waals surface area contributed by atoms with Crippen LogP contribution in [-0.2, 0) is 6.54 Å². The second-order valence-corrected chi connectivity index (χ2v) is 6.42. The van der Waals surface area contributed by atoms with Gasteiger partial charge in [0.2, 0.25) is 0 Å². The first-order valence-corrected chi connectivity index (χ1v) is 8.55. The van der Waals surface area contributed by atoms with Gasteiger partial charge in [-0.1, -0.05) is 30.3 Å². The Morgan fingerprint density at radius 3 is 2.62 bits per heavy atom. The molecule has 6 heteroatoms. The van der Waals surface area contributed by atoms with Crippen molar-refractivity contribution in [2.24, 2.45) is 0 Å². The molecule has 0 saturated heterocycles. The zero-order valence-corrected chi connectivity index (χ0v) is 14.2. The summed E-state index contributed by atoms with van der Waals surface area (Å²) in [5.74, 6) is 3.31. The number of thiazole rings is 1. The first-order chi connectivity index (χ1) is 11.7. The fraction of sp³-hybridized carbons (Fsp3) is 0.167. The monoisotopic (exact) mass is 336 g/mol. The maximum Gasteiger partial charge on any atom is 0.162 e. The summed E-state index contributed by atoms with van der Waals surface area (Å²) in [5, 5.41) is 7.44. The van der Waals surface area contributed by atoms with Crippen LogP contribution in [0.15, 0.2) is 52.3 Å². The Hall–Kier alpha value is -2.73. The molecule has 0 aliphatic heterocycles. The summed E-state index contributed by atoms with van der Waals surface area (Å²) >= 11 is 1.58. The second kappa shape index (κ2) is 6.05. The summed E-state index contributed by atoms with van der Waals surface area (Å²) < 4.78 is 7.54. The van der Waals surface area contributed by atoms with Gasteiger partial charge in [0.15, 0.2) is 16.6 Å². The predicted octanol–water partition coefficient (Wildman–Crippen LogP) is 4.33. The van der Waals surface area contributed by atoms with Crippen LogP contribution in [0.5, 0.6) is 0 Å². The number of hydrogen-bond donors (Lipinski definition) is 0. The Kier molecular flexibility index (Phi) is 3.74. The Labute approximate surface area is 143 Å². The average Bonchev–Trinajstić information content (AvgIpc) is 3.29. The van der Waals surface area contributed by atoms with Crippen molar-refractivity contribution < 1.29 is 4.42 Å². The zero-order valence-electron chi connectivity index (χ0n) is 13.4. The molecule has 0 amide bonds. The van der Waals surface area contributed by atoms with Crippen LogP contribution < -0.4 is 0 Å². The average molecular weight is 336 g/mol. The third-order valence-corrected chi connectivity index (χ3v) is 4.53. The fourth-order valence-electron chi connectivity index (χ4n) is 2.56. The molecule has 1 aromatic carbocycles. The molecule has 3 heterocycles. The molecule has 0 spiro atoms. The van der Waals surface area contributed by atoms with Crippen LogP contribution in [0.1, 0.15) is 17.3 Å². The Bertz CT molecular complexity index is 968. The van der Waals surface area contributed by atoms with Crippen molar-refractivity contribution in [1.29, 1.82) is 0 Å². The molecule has 0 bridgehead atoms. The number of rotatable bonds is 4. The van der Waals surface area contributed by atoms with Crippen LogP contribution in [0.3, 0.4) is 0 Å². The van der Waals surface area contributed by atoms with Gasteiger partial charge in [-0.15, -0.1) is 11.3 Å². The lowest BCUT2D eigenvalue weighted by atomic mass is 10.2. The fourth-order valence-corrected chi connectivity index (χ4v) is 3.33. The summed E-state index contributed by atoms with van der Waals surface area (Å²) in [7, 11) is 0. The number of aromatic nitrogens is 4. The lowest BCUT2D eigenvalue weighted by Gasteiger charge is -2.03. The largest absolute Gasteiger partial charge is 0.459 e. The molecule has 0 atom stereocenters. The van der Waals surface area contributed by atoms with E-state index in [0.717, 1.165) is 39.4 Å². The van der Waals surface area contributed by atoms with Gasteiger partial charge in [0.1, 0.15) is 11.6 Å². The highest BCUT2D eigenvalue weighted by Gasteiger charge is 2.13. The second-order valence-electron chi connectivity index (χ2n) is 5.56. The molecule has 24 heavy (non-hydrogen) atoms. The number of aryl methyl sites for hydroxylation is 2. The van der Waals surface area contributed by atoms with Crippen LogP contribution >= 0.6 is 11.3 Å². The quantitative estimate of drug-likeness (QED) is 0.557. The normalized spacial score (nSPS) is 11.1. The van der Waals surface area contributed by atoms with Crippen molar-refractivity contribution in [2.75, 3.05) is 0 Å². The van der Waals surface area contributed by atoms with Crippen LogP contribution in [0, 0.1) is 13.8 Å². The van der Waals surface area contributed by atoms with Crippen molar-refractivity contribution in [3.05, 3.63) is 65.1 Å². The zero-order chi connectivity index (χ0) is 16.5. The van der Waals surface area contributed by atoms with Gasteiger partial charge in [-0.3, -0.25) is 0 Å². The van der Waals surface area contributed by atoms with Gasteiger partial charge >= 0.3 is 0 Å². The molecule has 0 saturated carbocycles. The van der Waals surface area contributed by atoms with Gasteiger partial charge in [0.25, 0.3) is 0 Å². The summed E-state index contributed by atoms with van der Waals surface area (Å²) in [6.45, 7) is 4.42. The molecule has 0 aliphatic rings. The van der Waals surface area contributed by atoms with Crippen LogP contribution in [0.2, 0.25) is 0 Å². The van der Waals surface area contributed by atoms with E-state index in [1.54, 1.807) is 11.3 Å². The van der Waals surface area contributed by atoms with Crippen LogP contribution in [0.25, 0.3) is 22.2 Å². The smallest absolute Gasteiger partial charge is 0.162 e. The van der Waals surface area contributed by atoms with E-state index >= 15 is 0 Å². The van der Waals surface area contributed by atoms with E-state index in [9.17, 15) is 0 Å². The molecule has 5 nitrogen and oxygen atoms in total. The molecule has 0 radical (unpaired) electrons. The molecule has 0 aliphatic carbocycles. The SMILES string of the molecule is Cc1nc(-c2ccccc2)n(Cc2csc(-c3ccc(C)o3)n2)n1. The minimum absolute atomic E-state index is 0.585. The molecule has 3 aromatic heterocycles. The highest BCUT2D eigenvalue weighted by Crippen LogP contribution is 2.26. The lowest BCUT2D eigenvalue weighted by Crippen LogP contribution is -2.04. The molecule has 0 N–H and O–H groups in total. The summed E-state index contributed by atoms with van der Waals surface area (Å²) in [6, 6.07) is 14.0. The number of benzene rings is 1. The van der Waals surface area contributed by atoms with Gasteiger partial charge in [-0.2, -0.15) is 5.10 Å². The van der Waals surface area contributed by atoms with Gasteiger partial charge < -0.3 is 4.42 Å². The maximum absolute atomic E-state index is 5.64. The van der Waals surface area contributed by atoms with E-state index in [1.165, 1.54) is 0 Å². The number of hydrogen-bond acceptors (Lipinski definition) is 5. The maximum atomic E-state index is 5.64. The van der Waals surface area contributed by atoms with E-state index in [1.807, 2.05) is 66.4 Å². The van der Waals surface area contributed by atoms with Crippen molar-refractivity contribution in [3.8, 4) is 22.2 Å². The van der Waals surface area contributed by atoms with E-state index in [0.29, 0.717) is 6.54 Å². The Balaban J connectivity index is 1.64. The molecule has 0 fully saturated rings. The van der Waals surface area contributed by atoms with Crippen molar-refractivity contribution in [2.45, 2.75) is 20.4 Å². The van der Waals surface area contributed by atoms with Crippen molar-refractivity contribution in [3.63, 3.8) is 0 Å². The highest BCUT2D eigenvalue weighted by atomic mass is 32.1. The summed E-state index contributed by atoms with van der Waals surface area (Å²) in [4.78, 5) is 9.22. The van der Waals surface area contributed by atoms with Crippen molar-refractivity contribution >= 4 is 11.3 Å². The minimum atomic E-state index is 0.585. The van der Waals surface area contributed by atoms with Crippen LogP contribution in [-0.4, -0.2) is 19.7 Å². The molecule has 120 valence electrons. The minimum Gasteiger partial charge on any atom is -0.459 e. The summed E-state index contributed by atoms with van der Waals surface area (Å²) in [5.41, 5.74) is 2.00.